The van der Waals surface area contributed by atoms with Gasteiger partial charge in [0, 0.05) is 0 Å². The second-order valence-corrected chi connectivity index (χ2v) is 1.78. The monoisotopic (exact) mass is 145 g/mol. The largest absolute Gasteiger partial charge is 0.438 e. The Balaban J connectivity index is 2.96. The summed E-state index contributed by atoms with van der Waals surface area (Å²) < 4.78 is 9.47. The predicted molar refractivity (Wildman–Crippen MR) is 37.2 cm³/mol. The lowest BCUT2D eigenvalue weighted by atomic mass is 10.5. The Hall–Kier alpha value is -0.570. The Bertz CT molecular complexity index is 90.9. The van der Waals surface area contributed by atoms with Crippen molar-refractivity contribution < 1.29 is 14.3 Å². The number of rotatable bonds is 5. The lowest BCUT2D eigenvalue weighted by molar-refractivity contribution is -0.151. The molecule has 59 valence electrons. The van der Waals surface area contributed by atoms with Gasteiger partial charge in [-0.15, -0.1) is 0 Å². The van der Waals surface area contributed by atoms with E-state index in [2.05, 4.69) is 4.74 Å². The quantitative estimate of drug-likeness (QED) is 0.330. The Morgan fingerprint density at radius 3 is 2.80 bits per heavy atom. The highest BCUT2D eigenvalue weighted by Gasteiger charge is 1.95. The van der Waals surface area contributed by atoms with Gasteiger partial charge >= 0.3 is 5.97 Å². The maximum absolute atomic E-state index is 10.4. The number of carbonyl (C=O) groups excluding carboxylic acids is 1. The molecule has 3 nitrogen and oxygen atoms in total. The smallest absolute Gasteiger partial charge is 0.311 e. The van der Waals surface area contributed by atoms with Crippen LogP contribution in [-0.4, -0.2) is 19.4 Å². The minimum atomic E-state index is -0.337. The average Bonchev–Trinajstić information content (AvgIpc) is 1.98. The Morgan fingerprint density at radius 1 is 1.60 bits per heavy atom. The second kappa shape index (κ2) is 6.55. The third-order valence-electron chi connectivity index (χ3n) is 0.869. The van der Waals surface area contributed by atoms with Crippen LogP contribution in [0.5, 0.6) is 0 Å². The van der Waals surface area contributed by atoms with Crippen LogP contribution in [-0.2, 0) is 14.3 Å². The van der Waals surface area contributed by atoms with Gasteiger partial charge < -0.3 is 9.47 Å². The van der Waals surface area contributed by atoms with Crippen LogP contribution in [0.2, 0.25) is 0 Å². The van der Waals surface area contributed by atoms with Crippen LogP contribution in [0.1, 0.15) is 20.3 Å². The summed E-state index contributed by atoms with van der Waals surface area (Å²) in [5, 5.41) is 0. The molecular formula is C7H13O3. The molecule has 0 fully saturated rings. The topological polar surface area (TPSA) is 35.5 Å². The third kappa shape index (κ3) is 5.56. The zero-order valence-corrected chi connectivity index (χ0v) is 6.42. The first-order valence-corrected chi connectivity index (χ1v) is 3.35. The molecular weight excluding hydrogens is 132 g/mol. The molecule has 1 radical (unpaired) electrons. The van der Waals surface area contributed by atoms with Crippen molar-refractivity contribution in [3.8, 4) is 0 Å². The van der Waals surface area contributed by atoms with Crippen molar-refractivity contribution >= 4 is 5.97 Å². The minimum absolute atomic E-state index is 0.0665. The molecule has 0 bridgehead atoms. The SMILES string of the molecule is C[CH]C(=O)OCOCCC. The molecule has 0 aliphatic rings. The zero-order chi connectivity index (χ0) is 7.82. The number of hydrogen-bond donors (Lipinski definition) is 0. The molecule has 0 aliphatic carbocycles. The van der Waals surface area contributed by atoms with E-state index in [9.17, 15) is 4.79 Å². The molecule has 0 saturated heterocycles. The molecule has 0 heterocycles. The van der Waals surface area contributed by atoms with Gasteiger partial charge in [-0.05, 0) is 6.42 Å². The van der Waals surface area contributed by atoms with Gasteiger partial charge in [0.05, 0.1) is 13.0 Å². The Labute approximate surface area is 61.3 Å². The van der Waals surface area contributed by atoms with E-state index >= 15 is 0 Å². The first-order valence-electron chi connectivity index (χ1n) is 3.35. The van der Waals surface area contributed by atoms with Crippen molar-refractivity contribution in [2.24, 2.45) is 0 Å². The number of ether oxygens (including phenoxy) is 2. The van der Waals surface area contributed by atoms with E-state index in [0.717, 1.165) is 6.42 Å². The highest BCUT2D eigenvalue weighted by atomic mass is 16.7. The molecule has 0 aromatic carbocycles. The average molecular weight is 145 g/mol. The molecule has 10 heavy (non-hydrogen) atoms. The molecule has 0 amide bonds. The first-order chi connectivity index (χ1) is 4.81. The standard InChI is InChI=1S/C7H13O3/c1-3-5-9-6-10-7(8)4-2/h4H,3,5-6H2,1-2H3. The highest BCUT2D eigenvalue weighted by Crippen LogP contribution is 1.85. The van der Waals surface area contributed by atoms with Crippen molar-refractivity contribution in [3.63, 3.8) is 0 Å². The third-order valence-corrected chi connectivity index (χ3v) is 0.869. The molecule has 0 aromatic heterocycles. The lowest BCUT2D eigenvalue weighted by Crippen LogP contribution is -2.07. The fourth-order valence-corrected chi connectivity index (χ4v) is 0.386. The fraction of sp³-hybridized carbons (Fsp3) is 0.714. The van der Waals surface area contributed by atoms with Crippen molar-refractivity contribution in [2.45, 2.75) is 20.3 Å². The van der Waals surface area contributed by atoms with E-state index in [1.54, 1.807) is 6.92 Å². The molecule has 0 saturated carbocycles. The van der Waals surface area contributed by atoms with Gasteiger partial charge in [0.2, 0.25) is 0 Å². The number of hydrogen-bond acceptors (Lipinski definition) is 3. The molecule has 0 atom stereocenters. The summed E-state index contributed by atoms with van der Waals surface area (Å²) in [6.07, 6.45) is 2.29. The molecule has 0 unspecified atom stereocenters. The van der Waals surface area contributed by atoms with Gasteiger partial charge in [-0.3, -0.25) is 4.79 Å². The number of carbonyl (C=O) groups is 1. The van der Waals surface area contributed by atoms with Crippen LogP contribution in [0.25, 0.3) is 0 Å². The van der Waals surface area contributed by atoms with Crippen molar-refractivity contribution in [3.05, 3.63) is 6.42 Å². The van der Waals surface area contributed by atoms with Gasteiger partial charge in [-0.2, -0.15) is 0 Å². The zero-order valence-electron chi connectivity index (χ0n) is 6.42. The maximum atomic E-state index is 10.4. The van der Waals surface area contributed by atoms with E-state index < -0.39 is 0 Å². The fourth-order valence-electron chi connectivity index (χ4n) is 0.386. The summed E-state index contributed by atoms with van der Waals surface area (Å²) in [6.45, 7) is 4.32. The lowest BCUT2D eigenvalue weighted by Gasteiger charge is -2.01. The number of esters is 1. The van der Waals surface area contributed by atoms with Gasteiger partial charge in [0.15, 0.2) is 6.79 Å². The van der Waals surface area contributed by atoms with E-state index in [1.165, 1.54) is 6.42 Å². The van der Waals surface area contributed by atoms with E-state index in [4.69, 9.17) is 4.74 Å². The summed E-state index contributed by atoms with van der Waals surface area (Å²) in [5.41, 5.74) is 0. The van der Waals surface area contributed by atoms with Crippen molar-refractivity contribution in [1.82, 2.24) is 0 Å². The van der Waals surface area contributed by atoms with Gasteiger partial charge in [0.1, 0.15) is 0 Å². The summed E-state index contributed by atoms with van der Waals surface area (Å²) in [5.74, 6) is -0.337. The molecule has 3 heteroatoms. The molecule has 0 rings (SSSR count). The molecule has 0 N–H and O–H groups in total. The van der Waals surface area contributed by atoms with E-state index in [0.29, 0.717) is 6.61 Å². The molecule has 0 aliphatic heterocycles. The Kier molecular flexibility index (Phi) is 6.18. The van der Waals surface area contributed by atoms with Gasteiger partial charge in [0.25, 0.3) is 0 Å². The molecule has 0 spiro atoms. The van der Waals surface area contributed by atoms with Crippen LogP contribution in [0.15, 0.2) is 0 Å². The summed E-state index contributed by atoms with van der Waals surface area (Å²) in [7, 11) is 0. The summed E-state index contributed by atoms with van der Waals surface area (Å²) in [6, 6.07) is 0. The van der Waals surface area contributed by atoms with Crippen LogP contribution in [0.4, 0.5) is 0 Å². The summed E-state index contributed by atoms with van der Waals surface area (Å²) in [4.78, 5) is 10.4. The summed E-state index contributed by atoms with van der Waals surface area (Å²) >= 11 is 0. The van der Waals surface area contributed by atoms with E-state index in [-0.39, 0.29) is 12.8 Å². The van der Waals surface area contributed by atoms with Gasteiger partial charge in [-0.1, -0.05) is 13.8 Å². The first kappa shape index (κ1) is 9.43. The van der Waals surface area contributed by atoms with Crippen LogP contribution in [0, 0.1) is 6.42 Å². The second-order valence-electron chi connectivity index (χ2n) is 1.78. The van der Waals surface area contributed by atoms with E-state index in [1.807, 2.05) is 6.92 Å². The van der Waals surface area contributed by atoms with Crippen molar-refractivity contribution in [1.29, 1.82) is 0 Å². The Morgan fingerprint density at radius 2 is 2.30 bits per heavy atom. The van der Waals surface area contributed by atoms with Crippen molar-refractivity contribution in [2.75, 3.05) is 13.4 Å². The maximum Gasteiger partial charge on any atom is 0.311 e. The van der Waals surface area contributed by atoms with Crippen LogP contribution in [0.3, 0.4) is 0 Å². The highest BCUT2D eigenvalue weighted by molar-refractivity contribution is 5.77. The van der Waals surface area contributed by atoms with Crippen LogP contribution < -0.4 is 0 Å². The predicted octanol–water partition coefficient (Wildman–Crippen LogP) is 1.14. The molecule has 0 aromatic rings. The van der Waals surface area contributed by atoms with Crippen LogP contribution >= 0.6 is 0 Å². The van der Waals surface area contributed by atoms with Gasteiger partial charge in [-0.25, -0.2) is 0 Å². The minimum Gasteiger partial charge on any atom is -0.438 e. The normalized spacial score (nSPS) is 9.40.